The van der Waals surface area contributed by atoms with E-state index in [4.69, 9.17) is 0 Å². The van der Waals surface area contributed by atoms with Crippen molar-refractivity contribution < 1.29 is 9.59 Å². The zero-order valence-corrected chi connectivity index (χ0v) is 11.6. The van der Waals surface area contributed by atoms with Crippen molar-refractivity contribution in [1.29, 1.82) is 0 Å². The number of rotatable bonds is 5. The number of nitrogens with zero attached hydrogens (tertiary/aromatic N) is 3. The first-order valence-corrected chi connectivity index (χ1v) is 6.05. The maximum Gasteiger partial charge on any atom is 0.273 e. The summed E-state index contributed by atoms with van der Waals surface area (Å²) < 4.78 is 0. The topological polar surface area (TPSA) is 87.2 Å². The van der Waals surface area contributed by atoms with Gasteiger partial charge in [-0.05, 0) is 26.0 Å². The van der Waals surface area contributed by atoms with Crippen molar-refractivity contribution >= 4 is 17.6 Å². The van der Waals surface area contributed by atoms with E-state index < -0.39 is 6.04 Å². The number of anilines is 1. The van der Waals surface area contributed by atoms with Gasteiger partial charge in [0.15, 0.2) is 5.69 Å². The first kappa shape index (κ1) is 14.9. The van der Waals surface area contributed by atoms with E-state index in [2.05, 4.69) is 20.8 Å². The van der Waals surface area contributed by atoms with Gasteiger partial charge in [0.1, 0.15) is 11.9 Å². The Morgan fingerprint density at radius 1 is 1.32 bits per heavy atom. The van der Waals surface area contributed by atoms with Gasteiger partial charge < -0.3 is 15.5 Å². The molecule has 0 aliphatic heterocycles. The van der Waals surface area contributed by atoms with Gasteiger partial charge in [0.25, 0.3) is 5.91 Å². The molecule has 1 heterocycles. The maximum atomic E-state index is 11.6. The molecule has 1 rings (SSSR count). The highest BCUT2D eigenvalue weighted by molar-refractivity contribution is 5.91. The standard InChI is InChI=1S/C12H19N5O2/c1-5-13-11(18)8(2)14-10-7-6-9(15-16-10)12(19)17(3)4/h6-8H,5H2,1-4H3,(H,13,18)(H,14,16). The van der Waals surface area contributed by atoms with E-state index in [1.54, 1.807) is 33.2 Å². The normalized spacial score (nSPS) is 11.6. The Labute approximate surface area is 112 Å². The first-order valence-electron chi connectivity index (χ1n) is 6.05. The molecule has 104 valence electrons. The molecule has 0 aliphatic rings. The number of hydrogen-bond donors (Lipinski definition) is 2. The second kappa shape index (κ2) is 6.67. The van der Waals surface area contributed by atoms with Crippen LogP contribution in [0.2, 0.25) is 0 Å². The van der Waals surface area contributed by atoms with Gasteiger partial charge in [-0.15, -0.1) is 10.2 Å². The summed E-state index contributed by atoms with van der Waals surface area (Å²) in [4.78, 5) is 24.6. The zero-order chi connectivity index (χ0) is 14.4. The van der Waals surface area contributed by atoms with Crippen LogP contribution >= 0.6 is 0 Å². The maximum absolute atomic E-state index is 11.6. The molecule has 0 fully saturated rings. The van der Waals surface area contributed by atoms with Crippen LogP contribution in [-0.4, -0.2) is 53.6 Å². The van der Waals surface area contributed by atoms with E-state index in [1.807, 2.05) is 6.92 Å². The Hall–Kier alpha value is -2.18. The number of amides is 2. The average Bonchev–Trinajstić information content (AvgIpc) is 2.38. The molecule has 7 heteroatoms. The summed E-state index contributed by atoms with van der Waals surface area (Å²) in [5.74, 6) is 0.127. The number of nitrogens with one attached hydrogen (secondary N) is 2. The third-order valence-corrected chi connectivity index (χ3v) is 2.40. The van der Waals surface area contributed by atoms with Crippen molar-refractivity contribution in [3.05, 3.63) is 17.8 Å². The van der Waals surface area contributed by atoms with Gasteiger partial charge in [-0.3, -0.25) is 9.59 Å². The fraction of sp³-hybridized carbons (Fsp3) is 0.500. The molecule has 19 heavy (non-hydrogen) atoms. The quantitative estimate of drug-likeness (QED) is 0.789. The molecule has 0 radical (unpaired) electrons. The molecule has 1 aromatic rings. The first-order chi connectivity index (χ1) is 8.95. The Kier molecular flexibility index (Phi) is 5.23. The van der Waals surface area contributed by atoms with Gasteiger partial charge in [0, 0.05) is 20.6 Å². The van der Waals surface area contributed by atoms with E-state index in [9.17, 15) is 9.59 Å². The van der Waals surface area contributed by atoms with Crippen molar-refractivity contribution in [3.8, 4) is 0 Å². The molecular weight excluding hydrogens is 246 g/mol. The van der Waals surface area contributed by atoms with Crippen LogP contribution in [-0.2, 0) is 4.79 Å². The molecule has 1 atom stereocenters. The Morgan fingerprint density at radius 2 is 2.00 bits per heavy atom. The van der Waals surface area contributed by atoms with Crippen LogP contribution in [0, 0.1) is 0 Å². The van der Waals surface area contributed by atoms with E-state index in [-0.39, 0.29) is 17.5 Å². The Balaban J connectivity index is 2.67. The van der Waals surface area contributed by atoms with Crippen LogP contribution in [0.1, 0.15) is 24.3 Å². The summed E-state index contributed by atoms with van der Waals surface area (Å²) in [6.07, 6.45) is 0. The van der Waals surface area contributed by atoms with Crippen LogP contribution in [0.25, 0.3) is 0 Å². The van der Waals surface area contributed by atoms with Crippen molar-refractivity contribution in [2.45, 2.75) is 19.9 Å². The van der Waals surface area contributed by atoms with E-state index in [1.165, 1.54) is 4.90 Å². The molecule has 0 saturated carbocycles. The van der Waals surface area contributed by atoms with Gasteiger partial charge in [-0.25, -0.2) is 0 Å². The molecule has 0 saturated heterocycles. The summed E-state index contributed by atoms with van der Waals surface area (Å²) in [6.45, 7) is 4.16. The van der Waals surface area contributed by atoms with Gasteiger partial charge in [0.2, 0.25) is 5.91 Å². The molecule has 0 bridgehead atoms. The van der Waals surface area contributed by atoms with E-state index in [0.29, 0.717) is 12.4 Å². The van der Waals surface area contributed by atoms with E-state index >= 15 is 0 Å². The van der Waals surface area contributed by atoms with Crippen molar-refractivity contribution in [3.63, 3.8) is 0 Å². The summed E-state index contributed by atoms with van der Waals surface area (Å²) in [5, 5.41) is 13.3. The minimum atomic E-state index is -0.412. The summed E-state index contributed by atoms with van der Waals surface area (Å²) in [7, 11) is 3.29. The molecule has 0 spiro atoms. The number of carbonyl (C=O) groups is 2. The smallest absolute Gasteiger partial charge is 0.273 e. The average molecular weight is 265 g/mol. The highest BCUT2D eigenvalue weighted by Gasteiger charge is 2.13. The second-order valence-electron chi connectivity index (χ2n) is 4.26. The van der Waals surface area contributed by atoms with Crippen molar-refractivity contribution in [2.24, 2.45) is 0 Å². The van der Waals surface area contributed by atoms with Crippen LogP contribution in [0.3, 0.4) is 0 Å². The number of hydrogen-bond acceptors (Lipinski definition) is 5. The van der Waals surface area contributed by atoms with Crippen LogP contribution in [0.4, 0.5) is 5.82 Å². The van der Waals surface area contributed by atoms with Crippen molar-refractivity contribution in [1.82, 2.24) is 20.4 Å². The third-order valence-electron chi connectivity index (χ3n) is 2.40. The zero-order valence-electron chi connectivity index (χ0n) is 11.6. The summed E-state index contributed by atoms with van der Waals surface area (Å²) in [5.41, 5.74) is 0.265. The SMILES string of the molecule is CCNC(=O)C(C)Nc1ccc(C(=O)N(C)C)nn1. The highest BCUT2D eigenvalue weighted by atomic mass is 16.2. The Morgan fingerprint density at radius 3 is 2.47 bits per heavy atom. The lowest BCUT2D eigenvalue weighted by Gasteiger charge is -2.14. The lowest BCUT2D eigenvalue weighted by molar-refractivity contribution is -0.121. The molecule has 0 aliphatic carbocycles. The monoisotopic (exact) mass is 265 g/mol. The predicted octanol–water partition coefficient (Wildman–Crippen LogP) is 0.115. The summed E-state index contributed by atoms with van der Waals surface area (Å²) in [6, 6.07) is 2.78. The minimum absolute atomic E-state index is 0.113. The van der Waals surface area contributed by atoms with Crippen LogP contribution < -0.4 is 10.6 Å². The molecule has 1 unspecified atom stereocenters. The van der Waals surface area contributed by atoms with E-state index in [0.717, 1.165) is 0 Å². The molecule has 1 aromatic heterocycles. The molecule has 2 amide bonds. The third kappa shape index (κ3) is 4.20. The highest BCUT2D eigenvalue weighted by Crippen LogP contribution is 2.05. The molecular formula is C12H19N5O2. The fourth-order valence-corrected chi connectivity index (χ4v) is 1.37. The van der Waals surface area contributed by atoms with Crippen molar-refractivity contribution in [2.75, 3.05) is 26.0 Å². The number of carbonyl (C=O) groups excluding carboxylic acids is 2. The lowest BCUT2D eigenvalue weighted by atomic mass is 10.3. The molecule has 7 nitrogen and oxygen atoms in total. The largest absolute Gasteiger partial charge is 0.357 e. The Bertz CT molecular complexity index is 444. The fourth-order valence-electron chi connectivity index (χ4n) is 1.37. The number of likely N-dealkylation sites (N-methyl/N-ethyl adjacent to an activating group) is 1. The minimum Gasteiger partial charge on any atom is -0.357 e. The van der Waals surface area contributed by atoms with Gasteiger partial charge in [-0.1, -0.05) is 0 Å². The van der Waals surface area contributed by atoms with Crippen LogP contribution in [0.5, 0.6) is 0 Å². The second-order valence-corrected chi connectivity index (χ2v) is 4.26. The molecule has 2 N–H and O–H groups in total. The van der Waals surface area contributed by atoms with Gasteiger partial charge in [0.05, 0.1) is 0 Å². The molecule has 0 aromatic carbocycles. The predicted molar refractivity (Wildman–Crippen MR) is 71.8 cm³/mol. The summed E-state index contributed by atoms with van der Waals surface area (Å²) >= 11 is 0. The van der Waals surface area contributed by atoms with Gasteiger partial charge in [-0.2, -0.15) is 0 Å². The lowest BCUT2D eigenvalue weighted by Crippen LogP contribution is -2.37. The van der Waals surface area contributed by atoms with Gasteiger partial charge >= 0.3 is 0 Å². The number of aromatic nitrogens is 2. The van der Waals surface area contributed by atoms with Crippen LogP contribution in [0.15, 0.2) is 12.1 Å².